The highest BCUT2D eigenvalue weighted by Gasteiger charge is 2.20. The second kappa shape index (κ2) is 6.78. The molecular weight excluding hydrogens is 296 g/mol. The minimum atomic E-state index is 0.129. The highest BCUT2D eigenvalue weighted by molar-refractivity contribution is 5.73. The molecule has 0 aliphatic carbocycles. The van der Waals surface area contributed by atoms with Crippen LogP contribution in [0, 0.1) is 0 Å². The molecule has 1 aromatic carbocycles. The van der Waals surface area contributed by atoms with E-state index in [2.05, 4.69) is 15.1 Å². The van der Waals surface area contributed by atoms with Crippen molar-refractivity contribution in [2.45, 2.75) is 13.5 Å². The molecule has 1 aromatic heterocycles. The first-order chi connectivity index (χ1) is 11.2. The van der Waals surface area contributed by atoms with Crippen LogP contribution in [0.4, 0.5) is 0 Å². The first-order valence-corrected chi connectivity index (χ1v) is 7.60. The van der Waals surface area contributed by atoms with Gasteiger partial charge in [-0.25, -0.2) is 0 Å². The third-order valence-corrected chi connectivity index (χ3v) is 3.98. The summed E-state index contributed by atoms with van der Waals surface area (Å²) in [7, 11) is 1.63. The largest absolute Gasteiger partial charge is 0.497 e. The summed E-state index contributed by atoms with van der Waals surface area (Å²) in [6.07, 6.45) is 0. The third kappa shape index (κ3) is 3.68. The summed E-state index contributed by atoms with van der Waals surface area (Å²) < 4.78 is 10.9. The molecule has 1 saturated heterocycles. The van der Waals surface area contributed by atoms with Gasteiger partial charge in [-0.2, -0.15) is 0 Å². The van der Waals surface area contributed by atoms with Crippen LogP contribution in [-0.2, 0) is 11.3 Å². The molecule has 0 atom stereocenters. The Bertz CT molecular complexity index is 660. The quantitative estimate of drug-likeness (QED) is 0.849. The molecule has 0 spiro atoms. The van der Waals surface area contributed by atoms with Crippen molar-refractivity contribution < 1.29 is 13.9 Å². The van der Waals surface area contributed by atoms with E-state index in [1.165, 1.54) is 0 Å². The van der Waals surface area contributed by atoms with Crippen molar-refractivity contribution in [3.05, 3.63) is 30.2 Å². The fourth-order valence-electron chi connectivity index (χ4n) is 2.58. The molecule has 3 rings (SSSR count). The van der Waals surface area contributed by atoms with Crippen LogP contribution in [0.2, 0.25) is 0 Å². The Morgan fingerprint density at radius 3 is 2.48 bits per heavy atom. The van der Waals surface area contributed by atoms with Crippen molar-refractivity contribution in [1.82, 2.24) is 20.0 Å². The van der Waals surface area contributed by atoms with Crippen LogP contribution in [0.25, 0.3) is 11.5 Å². The molecule has 7 nitrogen and oxygen atoms in total. The molecule has 0 radical (unpaired) electrons. The summed E-state index contributed by atoms with van der Waals surface area (Å²) in [5.41, 5.74) is 0.867. The highest BCUT2D eigenvalue weighted by atomic mass is 16.5. The summed E-state index contributed by atoms with van der Waals surface area (Å²) >= 11 is 0. The van der Waals surface area contributed by atoms with Crippen molar-refractivity contribution in [3.8, 4) is 17.2 Å². The Labute approximate surface area is 134 Å². The number of piperazine rings is 1. The maximum absolute atomic E-state index is 11.3. The first-order valence-electron chi connectivity index (χ1n) is 7.60. The lowest BCUT2D eigenvalue weighted by molar-refractivity contribution is -0.130. The van der Waals surface area contributed by atoms with Crippen molar-refractivity contribution in [2.24, 2.45) is 0 Å². The van der Waals surface area contributed by atoms with Crippen LogP contribution in [0.15, 0.2) is 28.7 Å². The Hall–Kier alpha value is -2.41. The lowest BCUT2D eigenvalue weighted by Gasteiger charge is -2.33. The zero-order valence-electron chi connectivity index (χ0n) is 13.4. The summed E-state index contributed by atoms with van der Waals surface area (Å²) in [6, 6.07) is 7.50. The normalized spacial score (nSPS) is 15.7. The number of amides is 1. The minimum absolute atomic E-state index is 0.129. The van der Waals surface area contributed by atoms with Gasteiger partial charge in [0.1, 0.15) is 5.75 Å². The molecule has 0 unspecified atom stereocenters. The van der Waals surface area contributed by atoms with Gasteiger partial charge in [0.05, 0.1) is 13.7 Å². The van der Waals surface area contributed by atoms with Crippen LogP contribution in [0.1, 0.15) is 12.8 Å². The first kappa shape index (κ1) is 15.5. The Morgan fingerprint density at radius 2 is 1.87 bits per heavy atom. The Balaban J connectivity index is 1.60. The van der Waals surface area contributed by atoms with E-state index in [0.717, 1.165) is 37.5 Å². The van der Waals surface area contributed by atoms with Crippen molar-refractivity contribution >= 4 is 5.91 Å². The average molecular weight is 316 g/mol. The van der Waals surface area contributed by atoms with Gasteiger partial charge in [-0.1, -0.05) is 0 Å². The number of nitrogens with zero attached hydrogens (tertiary/aromatic N) is 4. The van der Waals surface area contributed by atoms with Crippen molar-refractivity contribution in [2.75, 3.05) is 33.3 Å². The number of aromatic nitrogens is 2. The predicted molar refractivity (Wildman–Crippen MR) is 83.8 cm³/mol. The second-order valence-electron chi connectivity index (χ2n) is 5.51. The lowest BCUT2D eigenvalue weighted by Crippen LogP contribution is -2.47. The van der Waals surface area contributed by atoms with Crippen molar-refractivity contribution in [1.29, 1.82) is 0 Å². The molecule has 0 bridgehead atoms. The topological polar surface area (TPSA) is 71.7 Å². The van der Waals surface area contributed by atoms with Gasteiger partial charge in [-0.3, -0.25) is 9.69 Å². The number of ether oxygens (including phenoxy) is 1. The van der Waals surface area contributed by atoms with E-state index in [1.54, 1.807) is 14.0 Å². The van der Waals surface area contributed by atoms with E-state index in [1.807, 2.05) is 29.2 Å². The number of benzene rings is 1. The maximum atomic E-state index is 11.3. The fraction of sp³-hybridized carbons (Fsp3) is 0.438. The van der Waals surface area contributed by atoms with Crippen LogP contribution in [0.3, 0.4) is 0 Å². The van der Waals surface area contributed by atoms with Gasteiger partial charge in [0.25, 0.3) is 0 Å². The molecule has 2 aromatic rings. The third-order valence-electron chi connectivity index (χ3n) is 3.98. The lowest BCUT2D eigenvalue weighted by atomic mass is 10.2. The number of carbonyl (C=O) groups excluding carboxylic acids is 1. The molecule has 0 saturated carbocycles. The Morgan fingerprint density at radius 1 is 1.17 bits per heavy atom. The van der Waals surface area contributed by atoms with E-state index >= 15 is 0 Å². The van der Waals surface area contributed by atoms with Gasteiger partial charge in [0.15, 0.2) is 0 Å². The molecule has 23 heavy (non-hydrogen) atoms. The number of hydrogen-bond donors (Lipinski definition) is 0. The number of rotatable bonds is 4. The van der Waals surface area contributed by atoms with Crippen molar-refractivity contribution in [3.63, 3.8) is 0 Å². The smallest absolute Gasteiger partial charge is 0.247 e. The van der Waals surface area contributed by atoms with Gasteiger partial charge < -0.3 is 14.1 Å². The standard InChI is InChI=1S/C16H20N4O3/c1-12(21)20-9-7-19(8-10-20)11-15-17-18-16(23-15)13-3-5-14(22-2)6-4-13/h3-6H,7-11H2,1-2H3. The van der Waals surface area contributed by atoms with E-state index in [0.29, 0.717) is 18.3 Å². The molecule has 1 amide bonds. The summed E-state index contributed by atoms with van der Waals surface area (Å²) in [4.78, 5) is 15.4. The van der Waals surface area contributed by atoms with E-state index in [9.17, 15) is 4.79 Å². The van der Waals surface area contributed by atoms with E-state index < -0.39 is 0 Å². The molecule has 7 heteroatoms. The molecule has 1 fully saturated rings. The second-order valence-corrected chi connectivity index (χ2v) is 5.51. The van der Waals surface area contributed by atoms with E-state index in [4.69, 9.17) is 9.15 Å². The molecular formula is C16H20N4O3. The number of methoxy groups -OCH3 is 1. The minimum Gasteiger partial charge on any atom is -0.497 e. The fourth-order valence-corrected chi connectivity index (χ4v) is 2.58. The van der Waals surface area contributed by atoms with Crippen LogP contribution in [-0.4, -0.2) is 59.2 Å². The van der Waals surface area contributed by atoms with Gasteiger partial charge in [0, 0.05) is 38.7 Å². The van der Waals surface area contributed by atoms with Crippen LogP contribution < -0.4 is 4.74 Å². The summed E-state index contributed by atoms with van der Waals surface area (Å²) in [6.45, 7) is 5.34. The zero-order chi connectivity index (χ0) is 16.2. The molecule has 2 heterocycles. The summed E-state index contributed by atoms with van der Waals surface area (Å²) in [5.74, 6) is 2.01. The molecule has 122 valence electrons. The van der Waals surface area contributed by atoms with Gasteiger partial charge >= 0.3 is 0 Å². The molecule has 1 aliphatic heterocycles. The summed E-state index contributed by atoms with van der Waals surface area (Å²) in [5, 5.41) is 8.22. The number of carbonyl (C=O) groups is 1. The predicted octanol–water partition coefficient (Wildman–Crippen LogP) is 1.41. The average Bonchev–Trinajstić information content (AvgIpc) is 3.04. The van der Waals surface area contributed by atoms with Crippen LogP contribution >= 0.6 is 0 Å². The Kier molecular flexibility index (Phi) is 4.57. The zero-order valence-corrected chi connectivity index (χ0v) is 13.4. The monoisotopic (exact) mass is 316 g/mol. The highest BCUT2D eigenvalue weighted by Crippen LogP contribution is 2.21. The van der Waals surface area contributed by atoms with Gasteiger partial charge in [0.2, 0.25) is 17.7 Å². The molecule has 0 N–H and O–H groups in total. The maximum Gasteiger partial charge on any atom is 0.247 e. The van der Waals surface area contributed by atoms with Gasteiger partial charge in [-0.15, -0.1) is 10.2 Å². The van der Waals surface area contributed by atoms with E-state index in [-0.39, 0.29) is 5.91 Å². The van der Waals surface area contributed by atoms with Crippen LogP contribution in [0.5, 0.6) is 5.75 Å². The number of hydrogen-bond acceptors (Lipinski definition) is 6. The van der Waals surface area contributed by atoms with Gasteiger partial charge in [-0.05, 0) is 24.3 Å². The SMILES string of the molecule is COc1ccc(-c2nnc(CN3CCN(C(C)=O)CC3)o2)cc1. The molecule has 1 aliphatic rings.